The van der Waals surface area contributed by atoms with Gasteiger partial charge in [-0.05, 0) is 38.8 Å². The minimum absolute atomic E-state index is 0.0688. The van der Waals surface area contributed by atoms with Crippen molar-refractivity contribution in [1.29, 1.82) is 0 Å². The molecule has 0 aliphatic heterocycles. The molecule has 1 saturated carbocycles. The van der Waals surface area contributed by atoms with Crippen LogP contribution in [0.5, 0.6) is 11.5 Å². The Bertz CT molecular complexity index is 725. The second-order valence-corrected chi connectivity index (χ2v) is 6.20. The van der Waals surface area contributed by atoms with Gasteiger partial charge in [0.1, 0.15) is 17.2 Å². The van der Waals surface area contributed by atoms with Gasteiger partial charge >= 0.3 is 0 Å². The molecule has 0 spiro atoms. The summed E-state index contributed by atoms with van der Waals surface area (Å²) in [6.45, 7) is 3.63. The van der Waals surface area contributed by atoms with Crippen LogP contribution in [0, 0.1) is 6.92 Å². The monoisotopic (exact) mass is 316 g/mol. The zero-order valence-corrected chi connectivity index (χ0v) is 13.4. The van der Waals surface area contributed by atoms with Crippen LogP contribution in [0.2, 0.25) is 0 Å². The number of nitrogens with zero attached hydrogens (tertiary/aromatic N) is 3. The summed E-state index contributed by atoms with van der Waals surface area (Å²) >= 11 is 0. The van der Waals surface area contributed by atoms with Gasteiger partial charge in [-0.25, -0.2) is 4.98 Å². The summed E-state index contributed by atoms with van der Waals surface area (Å²) < 4.78 is 5.07. The number of benzene rings is 1. The number of aryl methyl sites for hydroxylation is 1. The number of methoxy groups -OCH3 is 1. The number of phenolic OH excluding ortho intramolecular Hbond substituents is 1. The van der Waals surface area contributed by atoms with E-state index in [9.17, 15) is 10.2 Å². The van der Waals surface area contributed by atoms with Crippen LogP contribution in [0.1, 0.15) is 25.5 Å². The van der Waals surface area contributed by atoms with Crippen molar-refractivity contribution in [2.24, 2.45) is 0 Å². The zero-order chi connectivity index (χ0) is 16.6. The largest absolute Gasteiger partial charge is 0.507 e. The van der Waals surface area contributed by atoms with E-state index in [0.717, 1.165) is 0 Å². The van der Waals surface area contributed by atoms with Gasteiger partial charge < -0.3 is 20.3 Å². The van der Waals surface area contributed by atoms with Gasteiger partial charge in [0, 0.05) is 17.7 Å². The van der Waals surface area contributed by atoms with Gasteiger partial charge in [-0.15, -0.1) is 10.2 Å². The van der Waals surface area contributed by atoms with E-state index in [2.05, 4.69) is 20.5 Å². The van der Waals surface area contributed by atoms with Crippen molar-refractivity contribution in [2.75, 3.05) is 12.4 Å². The van der Waals surface area contributed by atoms with Crippen molar-refractivity contribution >= 4 is 5.95 Å². The van der Waals surface area contributed by atoms with Crippen LogP contribution < -0.4 is 10.1 Å². The highest BCUT2D eigenvalue weighted by atomic mass is 16.5. The lowest BCUT2D eigenvalue weighted by Gasteiger charge is -2.41. The first-order valence-electron chi connectivity index (χ1n) is 7.45. The maximum atomic E-state index is 10.1. The number of hydrogen-bond donors (Lipinski definition) is 3. The standard InChI is InChI=1S/C16H20N4O3/c1-9-14(12-5-4-11(23-3)6-13(12)21)19-20-15(17-9)18-10-7-16(2,22)8-10/h4-6,10,21-22H,7-8H2,1-3H3,(H,17,18,20)/t10-,16+. The summed E-state index contributed by atoms with van der Waals surface area (Å²) in [5, 5.41) is 31.3. The highest BCUT2D eigenvalue weighted by Crippen LogP contribution is 2.34. The van der Waals surface area contributed by atoms with Crippen LogP contribution >= 0.6 is 0 Å². The lowest BCUT2D eigenvalue weighted by molar-refractivity contribution is -0.0236. The van der Waals surface area contributed by atoms with Crippen molar-refractivity contribution in [3.8, 4) is 22.8 Å². The number of nitrogens with one attached hydrogen (secondary N) is 1. The van der Waals surface area contributed by atoms with E-state index in [1.165, 1.54) is 6.07 Å². The first kappa shape index (κ1) is 15.5. The molecular formula is C16H20N4O3. The Balaban J connectivity index is 1.80. The van der Waals surface area contributed by atoms with Gasteiger partial charge in [-0.2, -0.15) is 0 Å². The Morgan fingerprint density at radius 3 is 2.61 bits per heavy atom. The van der Waals surface area contributed by atoms with E-state index in [1.54, 1.807) is 19.2 Å². The lowest BCUT2D eigenvalue weighted by Crippen LogP contribution is -2.48. The molecule has 23 heavy (non-hydrogen) atoms. The highest BCUT2D eigenvalue weighted by Gasteiger charge is 2.38. The Labute approximate surface area is 134 Å². The predicted molar refractivity (Wildman–Crippen MR) is 85.5 cm³/mol. The molecule has 1 heterocycles. The number of ether oxygens (including phenoxy) is 1. The lowest BCUT2D eigenvalue weighted by atomic mass is 9.77. The number of rotatable bonds is 4. The van der Waals surface area contributed by atoms with Gasteiger partial charge in [0.25, 0.3) is 0 Å². The Hall–Kier alpha value is -2.41. The molecule has 1 aliphatic rings. The number of aliphatic hydroxyl groups is 1. The molecule has 1 aromatic heterocycles. The first-order chi connectivity index (χ1) is 10.9. The average Bonchev–Trinajstić information content (AvgIpc) is 2.46. The predicted octanol–water partition coefficient (Wildman–Crippen LogP) is 1.89. The summed E-state index contributed by atoms with van der Waals surface area (Å²) in [5.41, 5.74) is 1.14. The van der Waals surface area contributed by atoms with Gasteiger partial charge in [0.2, 0.25) is 5.95 Å². The average molecular weight is 316 g/mol. The van der Waals surface area contributed by atoms with Gasteiger partial charge in [0.05, 0.1) is 18.4 Å². The Kier molecular flexibility index (Phi) is 3.81. The fraction of sp³-hybridized carbons (Fsp3) is 0.438. The molecule has 3 N–H and O–H groups in total. The van der Waals surface area contributed by atoms with E-state index in [4.69, 9.17) is 4.74 Å². The molecule has 0 bridgehead atoms. The van der Waals surface area contributed by atoms with Gasteiger partial charge in [-0.1, -0.05) is 0 Å². The second kappa shape index (κ2) is 5.66. The molecule has 0 saturated heterocycles. The summed E-state index contributed by atoms with van der Waals surface area (Å²) in [6, 6.07) is 5.16. The summed E-state index contributed by atoms with van der Waals surface area (Å²) in [6.07, 6.45) is 1.33. The molecule has 1 aromatic carbocycles. The maximum absolute atomic E-state index is 10.1. The van der Waals surface area contributed by atoms with Crippen molar-refractivity contribution in [3.63, 3.8) is 0 Å². The quantitative estimate of drug-likeness (QED) is 0.792. The molecule has 122 valence electrons. The van der Waals surface area contributed by atoms with Crippen molar-refractivity contribution in [3.05, 3.63) is 23.9 Å². The topological polar surface area (TPSA) is 100 Å². The molecule has 0 radical (unpaired) electrons. The zero-order valence-electron chi connectivity index (χ0n) is 13.4. The molecule has 3 rings (SSSR count). The number of phenols is 1. The second-order valence-electron chi connectivity index (χ2n) is 6.20. The molecule has 1 fully saturated rings. The van der Waals surface area contributed by atoms with Crippen LogP contribution in [0.25, 0.3) is 11.3 Å². The molecule has 7 nitrogen and oxygen atoms in total. The van der Waals surface area contributed by atoms with Crippen LogP contribution in [-0.2, 0) is 0 Å². The van der Waals surface area contributed by atoms with E-state index in [0.29, 0.717) is 41.5 Å². The Morgan fingerprint density at radius 2 is 2.04 bits per heavy atom. The van der Waals surface area contributed by atoms with Gasteiger partial charge in [0.15, 0.2) is 0 Å². The molecule has 0 amide bonds. The van der Waals surface area contributed by atoms with Crippen LogP contribution in [0.15, 0.2) is 18.2 Å². The molecular weight excluding hydrogens is 296 g/mol. The third kappa shape index (κ3) is 3.19. The van der Waals surface area contributed by atoms with E-state index >= 15 is 0 Å². The summed E-state index contributed by atoms with van der Waals surface area (Å²) in [5.74, 6) is 1.07. The van der Waals surface area contributed by atoms with Crippen molar-refractivity contribution in [2.45, 2.75) is 38.3 Å². The first-order valence-corrected chi connectivity index (χ1v) is 7.45. The molecule has 7 heteroatoms. The molecule has 0 atom stereocenters. The van der Waals surface area contributed by atoms with Crippen molar-refractivity contribution in [1.82, 2.24) is 15.2 Å². The molecule has 0 unspecified atom stereocenters. The van der Waals surface area contributed by atoms with Crippen LogP contribution in [0.3, 0.4) is 0 Å². The minimum atomic E-state index is -0.602. The number of anilines is 1. The summed E-state index contributed by atoms with van der Waals surface area (Å²) in [7, 11) is 1.54. The third-order valence-electron chi connectivity index (χ3n) is 4.03. The number of hydrogen-bond acceptors (Lipinski definition) is 7. The van der Waals surface area contributed by atoms with Crippen LogP contribution in [-0.4, -0.2) is 44.1 Å². The molecule has 1 aliphatic carbocycles. The van der Waals surface area contributed by atoms with Crippen molar-refractivity contribution < 1.29 is 14.9 Å². The van der Waals surface area contributed by atoms with E-state index in [-0.39, 0.29) is 11.8 Å². The van der Waals surface area contributed by atoms with Crippen LogP contribution in [0.4, 0.5) is 5.95 Å². The van der Waals surface area contributed by atoms with E-state index < -0.39 is 5.60 Å². The number of aromatic hydroxyl groups is 1. The molecule has 2 aromatic rings. The smallest absolute Gasteiger partial charge is 0.243 e. The van der Waals surface area contributed by atoms with E-state index in [1.807, 2.05) is 13.8 Å². The van der Waals surface area contributed by atoms with Gasteiger partial charge in [-0.3, -0.25) is 0 Å². The highest BCUT2D eigenvalue weighted by molar-refractivity contribution is 5.69. The summed E-state index contributed by atoms with van der Waals surface area (Å²) in [4.78, 5) is 4.39. The minimum Gasteiger partial charge on any atom is -0.507 e. The number of aromatic nitrogens is 3. The maximum Gasteiger partial charge on any atom is 0.243 e. The fourth-order valence-corrected chi connectivity index (χ4v) is 2.84. The third-order valence-corrected chi connectivity index (χ3v) is 4.03. The Morgan fingerprint density at radius 1 is 1.30 bits per heavy atom. The SMILES string of the molecule is COc1ccc(-c2nnc(N[C@H]3C[C@@](C)(O)C3)nc2C)c(O)c1. The normalized spacial score (nSPS) is 23.2. The fourth-order valence-electron chi connectivity index (χ4n) is 2.84.